The first-order valence-corrected chi connectivity index (χ1v) is 8.49. The van der Waals surface area contributed by atoms with Crippen LogP contribution in [-0.2, 0) is 14.4 Å². The maximum atomic E-state index is 12.1. The minimum Gasteiger partial charge on any atom is -0.363 e. The number of ketones is 1. The number of Topliss-reactive ketones (excluding diaryl/α,β-unsaturated/α-hetero) is 1. The van der Waals surface area contributed by atoms with Crippen molar-refractivity contribution in [2.45, 2.75) is 6.42 Å². The minimum absolute atomic E-state index is 0.0139. The van der Waals surface area contributed by atoms with E-state index < -0.39 is 17.6 Å². The van der Waals surface area contributed by atoms with Crippen LogP contribution in [-0.4, -0.2) is 24.1 Å². The second kappa shape index (κ2) is 7.54. The predicted octanol–water partition coefficient (Wildman–Crippen LogP) is 2.92. The Balaban J connectivity index is 1.69. The van der Waals surface area contributed by atoms with Crippen LogP contribution in [0.25, 0.3) is 12.2 Å². The van der Waals surface area contributed by atoms with Crippen LogP contribution in [0, 0.1) is 5.92 Å². The number of nitrogens with zero attached hydrogens (tertiary/aromatic N) is 1. The maximum absolute atomic E-state index is 12.1. The Labute approximate surface area is 156 Å². The van der Waals surface area contributed by atoms with E-state index >= 15 is 0 Å². The van der Waals surface area contributed by atoms with Gasteiger partial charge < -0.3 is 10.6 Å². The van der Waals surface area contributed by atoms with Gasteiger partial charge in [0.05, 0.1) is 5.92 Å². The molecule has 1 atom stereocenters. The Morgan fingerprint density at radius 2 is 1.54 bits per heavy atom. The number of carbonyl (C=O) groups excluding carboxylic acids is 3. The van der Waals surface area contributed by atoms with Gasteiger partial charge in [0.1, 0.15) is 0 Å². The third-order valence-corrected chi connectivity index (χ3v) is 4.53. The van der Waals surface area contributed by atoms with Crippen molar-refractivity contribution in [1.82, 2.24) is 0 Å². The second-order valence-electron chi connectivity index (χ2n) is 6.11. The molecule has 0 radical (unpaired) electrons. The van der Waals surface area contributed by atoms with E-state index in [4.69, 9.17) is 17.3 Å². The number of nitrogens with two attached hydrogens (primary N) is 1. The number of hydrogen-bond donors (Lipinski definition) is 1. The minimum atomic E-state index is -0.993. The fourth-order valence-corrected chi connectivity index (χ4v) is 2.99. The molecule has 1 aliphatic heterocycles. The van der Waals surface area contributed by atoms with E-state index in [0.717, 1.165) is 11.1 Å². The summed E-state index contributed by atoms with van der Waals surface area (Å²) in [5.41, 5.74) is 7.72. The molecular weight excluding hydrogens is 352 g/mol. The second-order valence-corrected chi connectivity index (χ2v) is 6.55. The number of benzene rings is 2. The van der Waals surface area contributed by atoms with Gasteiger partial charge in [-0.3, -0.25) is 14.4 Å². The number of halogens is 1. The van der Waals surface area contributed by atoms with Gasteiger partial charge in [-0.15, -0.1) is 0 Å². The zero-order valence-corrected chi connectivity index (χ0v) is 14.6. The zero-order chi connectivity index (χ0) is 18.7. The van der Waals surface area contributed by atoms with Crippen molar-refractivity contribution in [2.24, 2.45) is 11.7 Å². The quantitative estimate of drug-likeness (QED) is 0.650. The molecule has 0 spiro atoms. The summed E-state index contributed by atoms with van der Waals surface area (Å²) in [6.07, 6.45) is 3.94. The standard InChI is InChI=1S/C20H17ClN2O3/c21-16-7-3-13(4-8-16)1-2-14-5-9-17(10-6-14)23-12-15(11-18(23)24)19(25)20(22)26/h1-10,15H,11-12H2,(H2,22,26)/b2-1+. The van der Waals surface area contributed by atoms with Gasteiger partial charge >= 0.3 is 0 Å². The van der Waals surface area contributed by atoms with Crippen LogP contribution in [0.1, 0.15) is 17.5 Å². The van der Waals surface area contributed by atoms with E-state index in [-0.39, 0.29) is 18.9 Å². The molecule has 0 aliphatic carbocycles. The first kappa shape index (κ1) is 17.9. The smallest absolute Gasteiger partial charge is 0.285 e. The van der Waals surface area contributed by atoms with Crippen LogP contribution in [0.2, 0.25) is 5.02 Å². The number of rotatable bonds is 5. The highest BCUT2D eigenvalue weighted by atomic mass is 35.5. The van der Waals surface area contributed by atoms with Gasteiger partial charge in [-0.05, 0) is 35.4 Å². The van der Waals surface area contributed by atoms with Crippen LogP contribution in [0.5, 0.6) is 0 Å². The van der Waals surface area contributed by atoms with E-state index in [2.05, 4.69) is 0 Å². The van der Waals surface area contributed by atoms with E-state index in [1.165, 1.54) is 4.90 Å². The van der Waals surface area contributed by atoms with Gasteiger partial charge in [-0.2, -0.15) is 0 Å². The Morgan fingerprint density at radius 1 is 1.00 bits per heavy atom. The van der Waals surface area contributed by atoms with Crippen LogP contribution >= 0.6 is 11.6 Å². The van der Waals surface area contributed by atoms with Crippen molar-refractivity contribution in [1.29, 1.82) is 0 Å². The molecule has 2 aromatic carbocycles. The summed E-state index contributed by atoms with van der Waals surface area (Å²) in [4.78, 5) is 36.4. The predicted molar refractivity (Wildman–Crippen MR) is 101 cm³/mol. The number of carbonyl (C=O) groups is 3. The van der Waals surface area contributed by atoms with Gasteiger partial charge in [-0.1, -0.05) is 48.0 Å². The third kappa shape index (κ3) is 4.00. The monoisotopic (exact) mass is 368 g/mol. The number of amides is 2. The molecule has 0 aromatic heterocycles. The van der Waals surface area contributed by atoms with E-state index in [1.54, 1.807) is 0 Å². The Morgan fingerprint density at radius 3 is 2.08 bits per heavy atom. The molecule has 1 fully saturated rings. The molecule has 5 nitrogen and oxygen atoms in total. The van der Waals surface area contributed by atoms with Crippen molar-refractivity contribution in [3.63, 3.8) is 0 Å². The Bertz CT molecular complexity index is 873. The van der Waals surface area contributed by atoms with Crippen LogP contribution in [0.4, 0.5) is 5.69 Å². The Kier molecular flexibility index (Phi) is 5.19. The molecule has 1 aliphatic rings. The van der Waals surface area contributed by atoms with Crippen LogP contribution < -0.4 is 10.6 Å². The lowest BCUT2D eigenvalue weighted by atomic mass is 10.0. The summed E-state index contributed by atoms with van der Waals surface area (Å²) < 4.78 is 0. The lowest BCUT2D eigenvalue weighted by Gasteiger charge is -2.16. The molecule has 0 saturated carbocycles. The van der Waals surface area contributed by atoms with E-state index in [1.807, 2.05) is 60.7 Å². The van der Waals surface area contributed by atoms with Gasteiger partial charge in [0.15, 0.2) is 0 Å². The lowest BCUT2D eigenvalue weighted by molar-refractivity contribution is -0.138. The third-order valence-electron chi connectivity index (χ3n) is 4.28. The summed E-state index contributed by atoms with van der Waals surface area (Å²) in [6, 6.07) is 14.9. The normalized spacial score (nSPS) is 17.0. The first-order chi connectivity index (χ1) is 12.4. The maximum Gasteiger partial charge on any atom is 0.285 e. The Hall–Kier alpha value is -2.92. The van der Waals surface area contributed by atoms with Crippen molar-refractivity contribution >= 4 is 47.0 Å². The van der Waals surface area contributed by atoms with Crippen molar-refractivity contribution in [2.75, 3.05) is 11.4 Å². The average Bonchev–Trinajstić information content (AvgIpc) is 3.02. The molecule has 0 bridgehead atoms. The van der Waals surface area contributed by atoms with Crippen LogP contribution in [0.3, 0.4) is 0 Å². The molecule has 1 heterocycles. The van der Waals surface area contributed by atoms with E-state index in [0.29, 0.717) is 10.7 Å². The molecular formula is C20H17ClN2O3. The molecule has 6 heteroatoms. The highest BCUT2D eigenvalue weighted by Gasteiger charge is 2.36. The van der Waals surface area contributed by atoms with Gasteiger partial charge in [-0.25, -0.2) is 0 Å². The fourth-order valence-electron chi connectivity index (χ4n) is 2.87. The molecule has 132 valence electrons. The van der Waals surface area contributed by atoms with Gasteiger partial charge in [0, 0.05) is 23.7 Å². The van der Waals surface area contributed by atoms with Crippen molar-refractivity contribution < 1.29 is 14.4 Å². The number of hydrogen-bond acceptors (Lipinski definition) is 3. The molecule has 3 rings (SSSR count). The van der Waals surface area contributed by atoms with Crippen LogP contribution in [0.15, 0.2) is 48.5 Å². The van der Waals surface area contributed by atoms with Gasteiger partial charge in [0.2, 0.25) is 11.7 Å². The molecule has 1 saturated heterocycles. The SMILES string of the molecule is NC(=O)C(=O)C1CC(=O)N(c2ccc(/C=C/c3ccc(Cl)cc3)cc2)C1. The highest BCUT2D eigenvalue weighted by molar-refractivity contribution is 6.37. The zero-order valence-electron chi connectivity index (χ0n) is 13.9. The summed E-state index contributed by atoms with van der Waals surface area (Å²) in [5, 5.41) is 0.690. The first-order valence-electron chi connectivity index (χ1n) is 8.12. The largest absolute Gasteiger partial charge is 0.363 e. The van der Waals surface area contributed by atoms with Crippen molar-refractivity contribution in [3.8, 4) is 0 Å². The molecule has 1 unspecified atom stereocenters. The number of anilines is 1. The van der Waals surface area contributed by atoms with Crippen molar-refractivity contribution in [3.05, 3.63) is 64.7 Å². The molecule has 2 aromatic rings. The summed E-state index contributed by atoms with van der Waals surface area (Å²) >= 11 is 5.86. The number of primary amides is 1. The lowest BCUT2D eigenvalue weighted by Crippen LogP contribution is -2.32. The highest BCUT2D eigenvalue weighted by Crippen LogP contribution is 2.26. The average molecular weight is 369 g/mol. The summed E-state index contributed by atoms with van der Waals surface area (Å²) in [5.74, 6) is -2.53. The molecule has 26 heavy (non-hydrogen) atoms. The topological polar surface area (TPSA) is 80.5 Å². The fraction of sp³-hybridized carbons (Fsp3) is 0.150. The van der Waals surface area contributed by atoms with E-state index in [9.17, 15) is 14.4 Å². The molecule has 2 N–H and O–H groups in total. The summed E-state index contributed by atoms with van der Waals surface area (Å²) in [7, 11) is 0. The van der Waals surface area contributed by atoms with Gasteiger partial charge in [0.25, 0.3) is 5.91 Å². The summed E-state index contributed by atoms with van der Waals surface area (Å²) in [6.45, 7) is 0.181. The molecule has 2 amide bonds.